The summed E-state index contributed by atoms with van der Waals surface area (Å²) in [5.74, 6) is 0.0401. The van der Waals surface area contributed by atoms with Crippen molar-refractivity contribution in [3.8, 4) is 0 Å². The minimum absolute atomic E-state index is 0.0592. The van der Waals surface area contributed by atoms with Crippen LogP contribution in [0.5, 0.6) is 0 Å². The maximum absolute atomic E-state index is 11.6. The fraction of sp³-hybridized carbons (Fsp3) is 0.385. The molecule has 2 rings (SSSR count). The average Bonchev–Trinajstić information content (AvgIpc) is 2.75. The first-order valence-corrected chi connectivity index (χ1v) is 6.39. The molecule has 0 atom stereocenters. The number of halogens is 1. The number of benzene rings is 1. The SMILES string of the molecule is CCC(=O)Nc1ccc(N2CCCC2=O)c(Cl)c1. The van der Waals surface area contributed by atoms with Gasteiger partial charge in [-0.25, -0.2) is 0 Å². The van der Waals surface area contributed by atoms with Crippen LogP contribution in [0.3, 0.4) is 0 Å². The van der Waals surface area contributed by atoms with Crippen LogP contribution in [0.1, 0.15) is 26.2 Å². The number of carbonyl (C=O) groups excluding carboxylic acids is 2. The van der Waals surface area contributed by atoms with E-state index < -0.39 is 0 Å². The van der Waals surface area contributed by atoms with Crippen LogP contribution in [0.15, 0.2) is 18.2 Å². The third kappa shape index (κ3) is 2.64. The van der Waals surface area contributed by atoms with E-state index >= 15 is 0 Å². The Kier molecular flexibility index (Phi) is 3.87. The Morgan fingerprint density at radius 2 is 2.28 bits per heavy atom. The molecule has 1 aliphatic heterocycles. The zero-order valence-electron chi connectivity index (χ0n) is 10.2. The number of carbonyl (C=O) groups is 2. The predicted molar refractivity (Wildman–Crippen MR) is 72.0 cm³/mol. The van der Waals surface area contributed by atoms with E-state index in [1.165, 1.54) is 0 Å². The van der Waals surface area contributed by atoms with Crippen molar-refractivity contribution in [2.75, 3.05) is 16.8 Å². The largest absolute Gasteiger partial charge is 0.326 e. The van der Waals surface area contributed by atoms with E-state index in [0.717, 1.165) is 6.42 Å². The van der Waals surface area contributed by atoms with E-state index in [1.807, 2.05) is 0 Å². The van der Waals surface area contributed by atoms with Gasteiger partial charge in [0.25, 0.3) is 0 Å². The molecule has 1 aromatic carbocycles. The van der Waals surface area contributed by atoms with E-state index in [0.29, 0.717) is 35.8 Å². The first-order valence-electron chi connectivity index (χ1n) is 6.01. The number of anilines is 2. The normalized spacial score (nSPS) is 15.0. The van der Waals surface area contributed by atoms with Gasteiger partial charge >= 0.3 is 0 Å². The van der Waals surface area contributed by atoms with Crippen LogP contribution in [0.2, 0.25) is 5.02 Å². The maximum Gasteiger partial charge on any atom is 0.227 e. The summed E-state index contributed by atoms with van der Waals surface area (Å²) >= 11 is 6.16. The summed E-state index contributed by atoms with van der Waals surface area (Å²) in [6, 6.07) is 5.22. The molecule has 96 valence electrons. The maximum atomic E-state index is 11.6. The fourth-order valence-corrected chi connectivity index (χ4v) is 2.24. The number of nitrogens with zero attached hydrogens (tertiary/aromatic N) is 1. The molecular formula is C13H15ClN2O2. The van der Waals surface area contributed by atoms with Gasteiger partial charge < -0.3 is 10.2 Å². The number of rotatable bonds is 3. The molecule has 0 bridgehead atoms. The highest BCUT2D eigenvalue weighted by atomic mass is 35.5. The molecule has 1 saturated heterocycles. The molecule has 1 heterocycles. The molecule has 5 heteroatoms. The van der Waals surface area contributed by atoms with Crippen molar-refractivity contribution in [3.63, 3.8) is 0 Å². The first kappa shape index (κ1) is 12.9. The summed E-state index contributed by atoms with van der Waals surface area (Å²) in [5.41, 5.74) is 1.37. The molecule has 4 nitrogen and oxygen atoms in total. The Bertz CT molecular complexity index is 488. The third-order valence-electron chi connectivity index (χ3n) is 2.92. The fourth-order valence-electron chi connectivity index (χ4n) is 1.96. The van der Waals surface area contributed by atoms with Crippen molar-refractivity contribution < 1.29 is 9.59 Å². The van der Waals surface area contributed by atoms with Crippen LogP contribution in [0.4, 0.5) is 11.4 Å². The van der Waals surface area contributed by atoms with Gasteiger partial charge in [0.15, 0.2) is 0 Å². The molecule has 0 unspecified atom stereocenters. The molecule has 0 radical (unpaired) electrons. The quantitative estimate of drug-likeness (QED) is 0.915. The zero-order chi connectivity index (χ0) is 13.1. The van der Waals surface area contributed by atoms with Crippen molar-refractivity contribution >= 4 is 34.8 Å². The van der Waals surface area contributed by atoms with Gasteiger partial charge in [-0.2, -0.15) is 0 Å². The second-order valence-electron chi connectivity index (χ2n) is 4.22. The van der Waals surface area contributed by atoms with Crippen molar-refractivity contribution in [2.24, 2.45) is 0 Å². The first-order chi connectivity index (χ1) is 8.61. The van der Waals surface area contributed by atoms with Crippen LogP contribution in [-0.4, -0.2) is 18.4 Å². The standard InChI is InChI=1S/C13H15ClN2O2/c1-2-12(17)15-9-5-6-11(10(14)8-9)16-7-3-4-13(16)18/h5-6,8H,2-4,7H2,1H3,(H,15,17). The topological polar surface area (TPSA) is 49.4 Å². The molecule has 2 amide bonds. The van der Waals surface area contributed by atoms with Crippen LogP contribution in [-0.2, 0) is 9.59 Å². The van der Waals surface area contributed by atoms with E-state index in [4.69, 9.17) is 11.6 Å². The summed E-state index contributed by atoms with van der Waals surface area (Å²) in [4.78, 5) is 24.6. The molecule has 1 fully saturated rings. The second-order valence-corrected chi connectivity index (χ2v) is 4.62. The van der Waals surface area contributed by atoms with Crippen molar-refractivity contribution in [1.29, 1.82) is 0 Å². The van der Waals surface area contributed by atoms with Gasteiger partial charge in [0.2, 0.25) is 11.8 Å². The molecule has 18 heavy (non-hydrogen) atoms. The van der Waals surface area contributed by atoms with Crippen LogP contribution in [0.25, 0.3) is 0 Å². The highest BCUT2D eigenvalue weighted by molar-refractivity contribution is 6.34. The van der Waals surface area contributed by atoms with E-state index in [1.54, 1.807) is 30.0 Å². The second kappa shape index (κ2) is 5.40. The van der Waals surface area contributed by atoms with Gasteiger partial charge in [-0.05, 0) is 24.6 Å². The number of hydrogen-bond acceptors (Lipinski definition) is 2. The lowest BCUT2D eigenvalue weighted by molar-refractivity contribution is -0.117. The molecule has 0 aromatic heterocycles. The van der Waals surface area contributed by atoms with Crippen molar-refractivity contribution in [3.05, 3.63) is 23.2 Å². The summed E-state index contributed by atoms with van der Waals surface area (Å²) in [6.45, 7) is 2.49. The van der Waals surface area contributed by atoms with Crippen molar-refractivity contribution in [1.82, 2.24) is 0 Å². The molecular weight excluding hydrogens is 252 g/mol. The lowest BCUT2D eigenvalue weighted by Gasteiger charge is -2.18. The Balaban J connectivity index is 2.19. The molecule has 0 aliphatic carbocycles. The smallest absolute Gasteiger partial charge is 0.227 e. The Morgan fingerprint density at radius 1 is 1.50 bits per heavy atom. The minimum atomic E-state index is -0.0592. The number of amides is 2. The van der Waals surface area contributed by atoms with Gasteiger partial charge in [-0.3, -0.25) is 9.59 Å². The number of hydrogen-bond donors (Lipinski definition) is 1. The monoisotopic (exact) mass is 266 g/mol. The van der Waals surface area contributed by atoms with Crippen LogP contribution < -0.4 is 10.2 Å². The Morgan fingerprint density at radius 3 is 2.83 bits per heavy atom. The van der Waals surface area contributed by atoms with Crippen molar-refractivity contribution in [2.45, 2.75) is 26.2 Å². The van der Waals surface area contributed by atoms with E-state index in [9.17, 15) is 9.59 Å². The third-order valence-corrected chi connectivity index (χ3v) is 3.22. The molecule has 1 aromatic rings. The molecule has 0 spiro atoms. The zero-order valence-corrected chi connectivity index (χ0v) is 11.0. The lowest BCUT2D eigenvalue weighted by atomic mass is 10.2. The van der Waals surface area contributed by atoms with Gasteiger partial charge in [-0.1, -0.05) is 18.5 Å². The highest BCUT2D eigenvalue weighted by Gasteiger charge is 2.23. The number of nitrogens with one attached hydrogen (secondary N) is 1. The van der Waals surface area contributed by atoms with Gasteiger partial charge in [0.1, 0.15) is 0 Å². The predicted octanol–water partition coefficient (Wildman–Crippen LogP) is 2.82. The highest BCUT2D eigenvalue weighted by Crippen LogP contribution is 2.31. The summed E-state index contributed by atoms with van der Waals surface area (Å²) in [5, 5.41) is 3.22. The van der Waals surface area contributed by atoms with Gasteiger partial charge in [0, 0.05) is 25.1 Å². The molecule has 1 aliphatic rings. The van der Waals surface area contributed by atoms with E-state index in [2.05, 4.69) is 5.32 Å². The lowest BCUT2D eigenvalue weighted by Crippen LogP contribution is -2.24. The van der Waals surface area contributed by atoms with Gasteiger partial charge in [0.05, 0.1) is 10.7 Å². The molecule has 0 saturated carbocycles. The van der Waals surface area contributed by atoms with Gasteiger partial charge in [-0.15, -0.1) is 0 Å². The molecule has 1 N–H and O–H groups in total. The summed E-state index contributed by atoms with van der Waals surface area (Å²) in [7, 11) is 0. The average molecular weight is 267 g/mol. The summed E-state index contributed by atoms with van der Waals surface area (Å²) < 4.78 is 0. The Hall–Kier alpha value is -1.55. The summed E-state index contributed by atoms with van der Waals surface area (Å²) in [6.07, 6.45) is 1.86. The van der Waals surface area contributed by atoms with Crippen LogP contribution >= 0.6 is 11.6 Å². The Labute approximate surface area is 111 Å². The minimum Gasteiger partial charge on any atom is -0.326 e. The van der Waals surface area contributed by atoms with E-state index in [-0.39, 0.29) is 11.8 Å². The van der Waals surface area contributed by atoms with Crippen LogP contribution in [0, 0.1) is 0 Å².